The summed E-state index contributed by atoms with van der Waals surface area (Å²) in [6.45, 7) is 2.47. The number of carbonyl (C=O) groups excluding carboxylic acids is 1. The molecule has 3 rings (SSSR count). The van der Waals surface area contributed by atoms with Crippen LogP contribution < -0.4 is 26.3 Å². The molecule has 1 saturated heterocycles. The maximum atomic E-state index is 11.3. The van der Waals surface area contributed by atoms with E-state index in [2.05, 4.69) is 26.7 Å². The molecule has 0 saturated carbocycles. The van der Waals surface area contributed by atoms with Crippen molar-refractivity contribution >= 4 is 12.2 Å². The summed E-state index contributed by atoms with van der Waals surface area (Å²) in [6, 6.07) is 17.4. The molecule has 2 unspecified atom stereocenters. The SMILES string of the molecule is CC1NNC(=O)NC1N/N=C/c1ccc(OCc2ccccc2)cc1. The molecule has 0 aliphatic carbocycles. The highest BCUT2D eigenvalue weighted by atomic mass is 16.5. The second kappa shape index (κ2) is 8.16. The normalized spacial score (nSPS) is 20.0. The smallest absolute Gasteiger partial charge is 0.330 e. The van der Waals surface area contributed by atoms with E-state index >= 15 is 0 Å². The van der Waals surface area contributed by atoms with Crippen LogP contribution in [0.25, 0.3) is 0 Å². The van der Waals surface area contributed by atoms with Crippen LogP contribution >= 0.6 is 0 Å². The Morgan fingerprint density at radius 3 is 2.68 bits per heavy atom. The van der Waals surface area contributed by atoms with Gasteiger partial charge >= 0.3 is 6.03 Å². The second-order valence-corrected chi connectivity index (χ2v) is 5.74. The van der Waals surface area contributed by atoms with Crippen LogP contribution in [0.4, 0.5) is 4.79 Å². The molecular formula is C18H21N5O2. The van der Waals surface area contributed by atoms with Gasteiger partial charge in [0, 0.05) is 0 Å². The Balaban J connectivity index is 1.49. The first-order valence-electron chi connectivity index (χ1n) is 8.08. The van der Waals surface area contributed by atoms with Gasteiger partial charge in [0.1, 0.15) is 18.5 Å². The first-order chi connectivity index (χ1) is 12.2. The maximum Gasteiger partial charge on any atom is 0.330 e. The van der Waals surface area contributed by atoms with Crippen molar-refractivity contribution in [1.82, 2.24) is 21.6 Å². The molecule has 7 nitrogen and oxygen atoms in total. The summed E-state index contributed by atoms with van der Waals surface area (Å²) in [5.41, 5.74) is 10.3. The number of amides is 2. The summed E-state index contributed by atoms with van der Waals surface area (Å²) in [4.78, 5) is 11.3. The topological polar surface area (TPSA) is 86.8 Å². The fourth-order valence-electron chi connectivity index (χ4n) is 2.29. The van der Waals surface area contributed by atoms with Crippen LogP contribution in [0.2, 0.25) is 0 Å². The predicted octanol–water partition coefficient (Wildman–Crippen LogP) is 1.72. The van der Waals surface area contributed by atoms with Gasteiger partial charge in [-0.3, -0.25) is 10.9 Å². The summed E-state index contributed by atoms with van der Waals surface area (Å²) in [7, 11) is 0. The maximum absolute atomic E-state index is 11.3. The molecule has 0 radical (unpaired) electrons. The van der Waals surface area contributed by atoms with Crippen LogP contribution in [0.15, 0.2) is 59.7 Å². The van der Waals surface area contributed by atoms with E-state index in [0.717, 1.165) is 16.9 Å². The number of hydrazone groups is 1. The van der Waals surface area contributed by atoms with E-state index in [1.807, 2.05) is 61.5 Å². The Bertz CT molecular complexity index is 718. The van der Waals surface area contributed by atoms with Gasteiger partial charge in [-0.05, 0) is 42.3 Å². The number of benzene rings is 2. The van der Waals surface area contributed by atoms with Gasteiger partial charge in [-0.25, -0.2) is 10.2 Å². The van der Waals surface area contributed by atoms with E-state index in [1.165, 1.54) is 0 Å². The van der Waals surface area contributed by atoms with Crippen LogP contribution in [0.3, 0.4) is 0 Å². The Kier molecular flexibility index (Phi) is 5.48. The predicted molar refractivity (Wildman–Crippen MR) is 96.0 cm³/mol. The van der Waals surface area contributed by atoms with E-state index < -0.39 is 0 Å². The highest BCUT2D eigenvalue weighted by Gasteiger charge is 2.23. The molecule has 2 aromatic carbocycles. The van der Waals surface area contributed by atoms with Crippen molar-refractivity contribution in [2.45, 2.75) is 25.7 Å². The van der Waals surface area contributed by atoms with Crippen molar-refractivity contribution in [1.29, 1.82) is 0 Å². The quantitative estimate of drug-likeness (QED) is 0.477. The largest absolute Gasteiger partial charge is 0.489 e. The minimum absolute atomic E-state index is 0.00334. The second-order valence-electron chi connectivity index (χ2n) is 5.74. The van der Waals surface area contributed by atoms with Crippen molar-refractivity contribution in [3.63, 3.8) is 0 Å². The lowest BCUT2D eigenvalue weighted by Gasteiger charge is -2.30. The molecule has 2 atom stereocenters. The fourth-order valence-corrected chi connectivity index (χ4v) is 2.29. The molecule has 1 aliphatic rings. The molecule has 1 aliphatic heterocycles. The van der Waals surface area contributed by atoms with Gasteiger partial charge < -0.3 is 10.1 Å². The highest BCUT2D eigenvalue weighted by molar-refractivity contribution is 5.79. The number of hydrogen-bond acceptors (Lipinski definition) is 5. The molecule has 2 aromatic rings. The molecule has 7 heteroatoms. The molecule has 1 heterocycles. The van der Waals surface area contributed by atoms with Crippen LogP contribution in [0, 0.1) is 0 Å². The number of rotatable bonds is 6. The number of hydrazine groups is 1. The third kappa shape index (κ3) is 4.95. The molecular weight excluding hydrogens is 318 g/mol. The zero-order valence-electron chi connectivity index (χ0n) is 13.9. The zero-order chi connectivity index (χ0) is 17.5. The fraction of sp³-hybridized carbons (Fsp3) is 0.222. The van der Waals surface area contributed by atoms with Gasteiger partial charge in [-0.1, -0.05) is 30.3 Å². The summed E-state index contributed by atoms with van der Waals surface area (Å²) in [5.74, 6) is 0.803. The monoisotopic (exact) mass is 339 g/mol. The van der Waals surface area contributed by atoms with Gasteiger partial charge in [-0.15, -0.1) is 0 Å². The first-order valence-corrected chi connectivity index (χ1v) is 8.08. The lowest BCUT2D eigenvalue weighted by Crippen LogP contribution is -2.67. The van der Waals surface area contributed by atoms with E-state index in [0.29, 0.717) is 6.61 Å². The summed E-state index contributed by atoms with van der Waals surface area (Å²) in [6.07, 6.45) is 1.42. The van der Waals surface area contributed by atoms with Gasteiger partial charge in [0.05, 0.1) is 12.3 Å². The molecule has 0 bridgehead atoms. The average Bonchev–Trinajstić information content (AvgIpc) is 2.65. The average molecular weight is 339 g/mol. The Hall–Kier alpha value is -3.06. The minimum atomic E-state index is -0.286. The zero-order valence-corrected chi connectivity index (χ0v) is 13.9. The minimum Gasteiger partial charge on any atom is -0.489 e. The van der Waals surface area contributed by atoms with E-state index in [1.54, 1.807) is 6.21 Å². The molecule has 2 amide bonds. The lowest BCUT2D eigenvalue weighted by molar-refractivity contribution is 0.202. The van der Waals surface area contributed by atoms with Gasteiger partial charge in [0.15, 0.2) is 0 Å². The van der Waals surface area contributed by atoms with Crippen molar-refractivity contribution in [3.8, 4) is 5.75 Å². The molecule has 1 fully saturated rings. The van der Waals surface area contributed by atoms with Crippen LogP contribution in [0.1, 0.15) is 18.1 Å². The summed E-state index contributed by atoms with van der Waals surface area (Å²) < 4.78 is 5.75. The molecule has 25 heavy (non-hydrogen) atoms. The number of urea groups is 1. The molecule has 4 N–H and O–H groups in total. The van der Waals surface area contributed by atoms with Gasteiger partial charge in [-0.2, -0.15) is 5.10 Å². The highest BCUT2D eigenvalue weighted by Crippen LogP contribution is 2.13. The van der Waals surface area contributed by atoms with Crippen molar-refractivity contribution in [2.75, 3.05) is 0 Å². The Labute approximate surface area is 146 Å². The number of nitrogens with one attached hydrogen (secondary N) is 4. The molecule has 130 valence electrons. The molecule has 0 spiro atoms. The first kappa shape index (κ1) is 16.8. The summed E-state index contributed by atoms with van der Waals surface area (Å²) in [5, 5.41) is 6.91. The number of ether oxygens (including phenoxy) is 1. The third-order valence-corrected chi connectivity index (χ3v) is 3.76. The van der Waals surface area contributed by atoms with Crippen LogP contribution in [-0.4, -0.2) is 24.5 Å². The summed E-state index contributed by atoms with van der Waals surface area (Å²) >= 11 is 0. The van der Waals surface area contributed by atoms with Gasteiger partial charge in [0.2, 0.25) is 0 Å². The lowest BCUT2D eigenvalue weighted by atomic mass is 10.2. The van der Waals surface area contributed by atoms with Crippen LogP contribution in [-0.2, 0) is 6.61 Å². The number of nitrogens with zero attached hydrogens (tertiary/aromatic N) is 1. The Morgan fingerprint density at radius 2 is 1.92 bits per heavy atom. The van der Waals surface area contributed by atoms with Crippen molar-refractivity contribution < 1.29 is 9.53 Å². The van der Waals surface area contributed by atoms with E-state index in [4.69, 9.17) is 4.74 Å². The third-order valence-electron chi connectivity index (χ3n) is 3.76. The van der Waals surface area contributed by atoms with E-state index in [-0.39, 0.29) is 18.2 Å². The van der Waals surface area contributed by atoms with Gasteiger partial charge in [0.25, 0.3) is 0 Å². The van der Waals surface area contributed by atoms with Crippen LogP contribution in [0.5, 0.6) is 5.75 Å². The number of carbonyl (C=O) groups is 1. The molecule has 0 aromatic heterocycles. The Morgan fingerprint density at radius 1 is 1.16 bits per heavy atom. The van der Waals surface area contributed by atoms with Crippen molar-refractivity contribution in [3.05, 3.63) is 65.7 Å². The van der Waals surface area contributed by atoms with E-state index in [9.17, 15) is 4.79 Å². The van der Waals surface area contributed by atoms with Crippen molar-refractivity contribution in [2.24, 2.45) is 5.10 Å². The number of hydrogen-bond donors (Lipinski definition) is 4. The standard InChI is InChI=1S/C18H21N5O2/c1-13-17(20-18(24)23-21-13)22-19-11-14-7-9-16(10-8-14)25-12-15-5-3-2-4-6-15/h2-11,13,17,21-22H,12H2,1H3,(H2,20,23,24)/b19-11+.